The fourth-order valence-corrected chi connectivity index (χ4v) is 1.82. The summed E-state index contributed by atoms with van der Waals surface area (Å²) in [6.07, 6.45) is 3.14. The fraction of sp³-hybridized carbons (Fsp3) is 0.222. The third-order valence-corrected chi connectivity index (χ3v) is 2.63. The van der Waals surface area contributed by atoms with Crippen LogP contribution in [-0.4, -0.2) is 15.0 Å². The molecule has 2 rings (SSSR count). The molecule has 0 aliphatic carbocycles. The van der Waals surface area contributed by atoms with Gasteiger partial charge in [-0.3, -0.25) is 0 Å². The smallest absolute Gasteiger partial charge is 0.255 e. The number of nitrogens with two attached hydrogens (primary N) is 1. The molecule has 6 nitrogen and oxygen atoms in total. The van der Waals surface area contributed by atoms with E-state index < -0.39 is 0 Å². The van der Waals surface area contributed by atoms with Crippen molar-refractivity contribution in [1.82, 2.24) is 15.0 Å². The number of nitrogens with one attached hydrogen (secondary N) is 1. The van der Waals surface area contributed by atoms with Crippen LogP contribution in [0.3, 0.4) is 0 Å². The number of aryl methyl sites for hydroxylation is 1. The Morgan fingerprint density at radius 1 is 1.50 bits per heavy atom. The van der Waals surface area contributed by atoms with E-state index in [9.17, 15) is 0 Å². The van der Waals surface area contributed by atoms with Gasteiger partial charge in [0.1, 0.15) is 17.9 Å². The summed E-state index contributed by atoms with van der Waals surface area (Å²) in [5.74, 6) is 7.19. The van der Waals surface area contributed by atoms with Crippen LogP contribution in [0.25, 0.3) is 0 Å². The van der Waals surface area contributed by atoms with Gasteiger partial charge in [0.25, 0.3) is 5.22 Å². The Balaban J connectivity index is 2.06. The fourth-order valence-electron chi connectivity index (χ4n) is 1.18. The van der Waals surface area contributed by atoms with Gasteiger partial charge in [0.2, 0.25) is 0 Å². The number of hydrazine groups is 1. The number of hydrogen-bond acceptors (Lipinski definition) is 7. The first kappa shape index (κ1) is 10.9. The quantitative estimate of drug-likeness (QED) is 0.471. The average Bonchev–Trinajstić information content (AvgIpc) is 2.78. The minimum atomic E-state index is 0.594. The zero-order valence-electron chi connectivity index (χ0n) is 8.67. The summed E-state index contributed by atoms with van der Waals surface area (Å²) in [5.41, 5.74) is 3.37. The molecule has 0 radical (unpaired) electrons. The van der Waals surface area contributed by atoms with Gasteiger partial charge in [0, 0.05) is 11.8 Å². The molecule has 0 aromatic carbocycles. The van der Waals surface area contributed by atoms with E-state index in [1.807, 2.05) is 6.92 Å². The van der Waals surface area contributed by atoms with Crippen molar-refractivity contribution in [3.63, 3.8) is 0 Å². The van der Waals surface area contributed by atoms with Gasteiger partial charge in [-0.05, 0) is 6.92 Å². The molecule has 0 atom stereocenters. The molecule has 2 aromatic heterocycles. The van der Waals surface area contributed by atoms with Crippen LogP contribution in [-0.2, 0) is 5.75 Å². The standard InChI is InChI=1S/C9H11N5OS/c1-6-4-7(14-10)13-8(12-6)5-16-9-11-2-3-15-9/h2-4H,5,10H2,1H3,(H,12,13,14). The van der Waals surface area contributed by atoms with Crippen molar-refractivity contribution in [3.05, 3.63) is 30.0 Å². The highest BCUT2D eigenvalue weighted by Gasteiger charge is 2.04. The van der Waals surface area contributed by atoms with Crippen molar-refractivity contribution in [3.8, 4) is 0 Å². The lowest BCUT2D eigenvalue weighted by Crippen LogP contribution is -2.10. The SMILES string of the molecule is Cc1cc(NN)nc(CSc2ncco2)n1. The molecule has 0 amide bonds. The molecule has 0 unspecified atom stereocenters. The van der Waals surface area contributed by atoms with Crippen LogP contribution < -0.4 is 11.3 Å². The highest BCUT2D eigenvalue weighted by Crippen LogP contribution is 2.19. The van der Waals surface area contributed by atoms with Crippen molar-refractivity contribution in [2.24, 2.45) is 5.84 Å². The van der Waals surface area contributed by atoms with E-state index in [4.69, 9.17) is 10.3 Å². The normalized spacial score (nSPS) is 10.4. The first-order valence-electron chi connectivity index (χ1n) is 4.61. The van der Waals surface area contributed by atoms with E-state index in [2.05, 4.69) is 20.4 Å². The van der Waals surface area contributed by atoms with E-state index in [-0.39, 0.29) is 0 Å². The molecule has 84 valence electrons. The van der Waals surface area contributed by atoms with Gasteiger partial charge in [0.15, 0.2) is 0 Å². The molecule has 16 heavy (non-hydrogen) atoms. The molecule has 3 N–H and O–H groups in total. The highest BCUT2D eigenvalue weighted by atomic mass is 32.2. The molecule has 7 heteroatoms. The maximum absolute atomic E-state index is 5.30. The van der Waals surface area contributed by atoms with Crippen LogP contribution in [0.1, 0.15) is 11.5 Å². The van der Waals surface area contributed by atoms with Crippen LogP contribution in [0.15, 0.2) is 28.2 Å². The molecule has 0 saturated carbocycles. The summed E-state index contributed by atoms with van der Waals surface area (Å²) < 4.78 is 5.10. The number of thioether (sulfide) groups is 1. The number of rotatable bonds is 4. The van der Waals surface area contributed by atoms with Crippen molar-refractivity contribution in [2.75, 3.05) is 5.43 Å². The van der Waals surface area contributed by atoms with Gasteiger partial charge in [0.05, 0.1) is 11.9 Å². The Bertz CT molecular complexity index is 459. The predicted octanol–water partition coefficient (Wildman–Crippen LogP) is 1.35. The average molecular weight is 237 g/mol. The Morgan fingerprint density at radius 3 is 3.06 bits per heavy atom. The monoisotopic (exact) mass is 237 g/mol. The van der Waals surface area contributed by atoms with Gasteiger partial charge in [-0.2, -0.15) is 0 Å². The Hall–Kier alpha value is -1.60. The second kappa shape index (κ2) is 4.95. The van der Waals surface area contributed by atoms with Gasteiger partial charge in [-0.25, -0.2) is 20.8 Å². The lowest BCUT2D eigenvalue weighted by Gasteiger charge is -2.03. The topological polar surface area (TPSA) is 89.9 Å². The summed E-state index contributed by atoms with van der Waals surface area (Å²) in [6.45, 7) is 1.89. The molecule has 0 saturated heterocycles. The second-order valence-electron chi connectivity index (χ2n) is 3.04. The van der Waals surface area contributed by atoms with Crippen LogP contribution in [0.2, 0.25) is 0 Å². The number of hydrogen-bond donors (Lipinski definition) is 2. The lowest BCUT2D eigenvalue weighted by molar-refractivity contribution is 0.454. The summed E-state index contributed by atoms with van der Waals surface area (Å²) >= 11 is 1.44. The zero-order valence-corrected chi connectivity index (χ0v) is 9.49. The molecule has 0 aliphatic heterocycles. The van der Waals surface area contributed by atoms with Crippen molar-refractivity contribution in [1.29, 1.82) is 0 Å². The third kappa shape index (κ3) is 2.71. The molecular formula is C9H11N5OS. The summed E-state index contributed by atoms with van der Waals surface area (Å²) in [6, 6.07) is 1.78. The van der Waals surface area contributed by atoms with E-state index in [0.29, 0.717) is 22.6 Å². The van der Waals surface area contributed by atoms with Crippen LogP contribution in [0.4, 0.5) is 5.82 Å². The molecule has 0 aliphatic rings. The van der Waals surface area contributed by atoms with Crippen molar-refractivity contribution >= 4 is 17.6 Å². The number of oxazole rings is 1. The molecule has 0 fully saturated rings. The highest BCUT2D eigenvalue weighted by molar-refractivity contribution is 7.98. The zero-order chi connectivity index (χ0) is 11.4. The molecule has 2 aromatic rings. The number of nitrogens with zero attached hydrogens (tertiary/aromatic N) is 3. The first-order valence-corrected chi connectivity index (χ1v) is 5.60. The summed E-state index contributed by atoms with van der Waals surface area (Å²) in [4.78, 5) is 12.5. The van der Waals surface area contributed by atoms with E-state index >= 15 is 0 Å². The predicted molar refractivity (Wildman–Crippen MR) is 60.6 cm³/mol. The van der Waals surface area contributed by atoms with E-state index in [1.54, 1.807) is 12.3 Å². The minimum absolute atomic E-state index is 0.594. The maximum Gasteiger partial charge on any atom is 0.255 e. The molecular weight excluding hydrogens is 226 g/mol. The first-order chi connectivity index (χ1) is 7.78. The van der Waals surface area contributed by atoms with Gasteiger partial charge in [-0.15, -0.1) is 0 Å². The Labute approximate surface area is 96.7 Å². The van der Waals surface area contributed by atoms with Gasteiger partial charge in [-0.1, -0.05) is 11.8 Å². The Morgan fingerprint density at radius 2 is 2.38 bits per heavy atom. The minimum Gasteiger partial charge on any atom is -0.440 e. The summed E-state index contributed by atoms with van der Waals surface area (Å²) in [7, 11) is 0. The number of aromatic nitrogens is 3. The van der Waals surface area contributed by atoms with Crippen molar-refractivity contribution < 1.29 is 4.42 Å². The second-order valence-corrected chi connectivity index (χ2v) is 3.97. The largest absolute Gasteiger partial charge is 0.440 e. The maximum atomic E-state index is 5.30. The van der Waals surface area contributed by atoms with Gasteiger partial charge >= 0.3 is 0 Å². The molecule has 0 bridgehead atoms. The van der Waals surface area contributed by atoms with E-state index in [1.165, 1.54) is 18.0 Å². The molecule has 2 heterocycles. The van der Waals surface area contributed by atoms with Crippen LogP contribution in [0, 0.1) is 6.92 Å². The lowest BCUT2D eigenvalue weighted by atomic mass is 10.4. The van der Waals surface area contributed by atoms with Crippen molar-refractivity contribution in [2.45, 2.75) is 17.9 Å². The van der Waals surface area contributed by atoms with Crippen LogP contribution >= 0.6 is 11.8 Å². The summed E-state index contributed by atoms with van der Waals surface area (Å²) in [5, 5.41) is 0.604. The number of anilines is 1. The number of nitrogen functional groups attached to an aromatic ring is 1. The third-order valence-electron chi connectivity index (χ3n) is 1.78. The van der Waals surface area contributed by atoms with Crippen LogP contribution in [0.5, 0.6) is 0 Å². The van der Waals surface area contributed by atoms with E-state index in [0.717, 1.165) is 5.69 Å². The molecule has 0 spiro atoms. The Kier molecular flexibility index (Phi) is 3.37. The van der Waals surface area contributed by atoms with Gasteiger partial charge < -0.3 is 9.84 Å².